The maximum absolute atomic E-state index is 2.55. The molecular weight excluding hydrogens is 307 g/mol. The third-order valence-corrected chi connectivity index (χ3v) is 9.49. The van der Waals surface area contributed by atoms with Gasteiger partial charge >= 0.3 is 0 Å². The molecule has 0 aromatic heterocycles. The van der Waals surface area contributed by atoms with Gasteiger partial charge in [0.1, 0.15) is 0 Å². The summed E-state index contributed by atoms with van der Waals surface area (Å²) in [5.74, 6) is 1.04. The van der Waals surface area contributed by atoms with Gasteiger partial charge in [0.05, 0.1) is 0 Å². The van der Waals surface area contributed by atoms with E-state index in [4.69, 9.17) is 0 Å². The van der Waals surface area contributed by atoms with Gasteiger partial charge in [-0.3, -0.25) is 0 Å². The summed E-state index contributed by atoms with van der Waals surface area (Å²) in [4.78, 5) is 0. The number of rotatable bonds is 3. The van der Waals surface area contributed by atoms with Gasteiger partial charge in [-0.2, -0.15) is 0 Å². The van der Waals surface area contributed by atoms with Crippen molar-refractivity contribution in [3.8, 4) is 0 Å². The van der Waals surface area contributed by atoms with Gasteiger partial charge in [-0.25, -0.2) is 0 Å². The van der Waals surface area contributed by atoms with Crippen LogP contribution in [-0.4, -0.2) is 15.5 Å². The molecular formula is C23H35P. The van der Waals surface area contributed by atoms with E-state index in [0.717, 1.165) is 0 Å². The molecule has 0 radical (unpaired) electrons. The third kappa shape index (κ3) is 3.55. The van der Waals surface area contributed by atoms with Crippen LogP contribution in [0.3, 0.4) is 0 Å². The summed E-state index contributed by atoms with van der Waals surface area (Å²) in [6.07, 6.45) is 9.54. The van der Waals surface area contributed by atoms with Crippen LogP contribution >= 0.6 is 7.92 Å². The lowest BCUT2D eigenvalue weighted by Crippen LogP contribution is -2.47. The van der Waals surface area contributed by atoms with Crippen molar-refractivity contribution in [1.82, 2.24) is 0 Å². The first kappa shape index (κ1) is 19.5. The minimum Gasteiger partial charge on any atom is -0.0841 e. The Bertz CT molecular complexity index is 581. The van der Waals surface area contributed by atoms with Crippen LogP contribution in [0, 0.1) is 5.92 Å². The van der Waals surface area contributed by atoms with Crippen LogP contribution in [-0.2, 0) is 0 Å². The summed E-state index contributed by atoms with van der Waals surface area (Å²) in [6, 6.07) is 11.1. The van der Waals surface area contributed by atoms with Crippen LogP contribution in [0.15, 0.2) is 54.6 Å². The smallest absolute Gasteiger partial charge is 0.0222 e. The molecule has 0 saturated carbocycles. The van der Waals surface area contributed by atoms with Crippen LogP contribution in [0.4, 0.5) is 0 Å². The lowest BCUT2D eigenvalue weighted by Gasteiger charge is -2.58. The molecule has 1 aromatic carbocycles. The van der Waals surface area contributed by atoms with Crippen molar-refractivity contribution in [2.45, 2.75) is 76.8 Å². The number of hydrogen-bond donors (Lipinski definition) is 0. The summed E-state index contributed by atoms with van der Waals surface area (Å²) in [5.41, 5.74) is 1.45. The topological polar surface area (TPSA) is 0 Å². The third-order valence-electron chi connectivity index (χ3n) is 5.09. The minimum absolute atomic E-state index is 0.182. The first-order valence-electron chi connectivity index (χ1n) is 9.22. The Morgan fingerprint density at radius 2 is 1.42 bits per heavy atom. The lowest BCUT2D eigenvalue weighted by atomic mass is 9.76. The van der Waals surface area contributed by atoms with Crippen molar-refractivity contribution in [3.05, 3.63) is 60.2 Å². The van der Waals surface area contributed by atoms with E-state index in [0.29, 0.717) is 22.1 Å². The zero-order valence-electron chi connectivity index (χ0n) is 16.8. The van der Waals surface area contributed by atoms with E-state index in [9.17, 15) is 0 Å². The molecule has 0 bridgehead atoms. The fourth-order valence-corrected chi connectivity index (χ4v) is 10.5. The van der Waals surface area contributed by atoms with E-state index in [1.165, 1.54) is 5.56 Å². The molecule has 0 amide bonds. The highest BCUT2D eigenvalue weighted by Crippen LogP contribution is 2.73. The van der Waals surface area contributed by atoms with Crippen LogP contribution in [0.2, 0.25) is 0 Å². The molecule has 0 aliphatic heterocycles. The van der Waals surface area contributed by atoms with Crippen molar-refractivity contribution in [2.24, 2.45) is 5.92 Å². The number of allylic oxidation sites excluding steroid dienone is 4. The minimum atomic E-state index is -0.286. The summed E-state index contributed by atoms with van der Waals surface area (Å²) in [7, 11) is -0.286. The van der Waals surface area contributed by atoms with Crippen molar-refractivity contribution in [2.75, 3.05) is 0 Å². The SMILES string of the molecule is CC(C)C1(P(C(C)(C)C)C(C)(C)C)C=CC=CC1c1ccccc1. The Morgan fingerprint density at radius 1 is 0.875 bits per heavy atom. The second kappa shape index (κ2) is 6.80. The second-order valence-corrected chi connectivity index (χ2v) is 13.5. The molecule has 132 valence electrons. The molecule has 0 nitrogen and oxygen atoms in total. The molecule has 24 heavy (non-hydrogen) atoms. The van der Waals surface area contributed by atoms with Gasteiger partial charge in [-0.05, 0) is 21.8 Å². The first-order valence-corrected chi connectivity index (χ1v) is 10.6. The second-order valence-electron chi connectivity index (χ2n) is 9.35. The van der Waals surface area contributed by atoms with E-state index < -0.39 is 0 Å². The van der Waals surface area contributed by atoms with E-state index >= 15 is 0 Å². The maximum Gasteiger partial charge on any atom is 0.0222 e. The average Bonchev–Trinajstić information content (AvgIpc) is 2.45. The van der Waals surface area contributed by atoms with Gasteiger partial charge in [0.25, 0.3) is 0 Å². The van der Waals surface area contributed by atoms with Crippen molar-refractivity contribution in [3.63, 3.8) is 0 Å². The highest BCUT2D eigenvalue weighted by atomic mass is 31.1. The molecule has 0 fully saturated rings. The Morgan fingerprint density at radius 3 is 1.88 bits per heavy atom. The maximum atomic E-state index is 2.55. The van der Waals surface area contributed by atoms with Gasteiger partial charge in [0.15, 0.2) is 0 Å². The molecule has 1 aromatic rings. The molecule has 0 heterocycles. The Kier molecular flexibility index (Phi) is 5.51. The fourth-order valence-electron chi connectivity index (χ4n) is 4.87. The highest BCUT2D eigenvalue weighted by Gasteiger charge is 2.54. The normalized spacial score (nSPS) is 24.8. The largest absolute Gasteiger partial charge is 0.0841 e. The monoisotopic (exact) mass is 342 g/mol. The Hall–Kier alpha value is -0.870. The molecule has 0 saturated heterocycles. The van der Waals surface area contributed by atoms with Crippen molar-refractivity contribution < 1.29 is 0 Å². The fraction of sp³-hybridized carbons (Fsp3) is 0.565. The molecule has 1 heteroatoms. The first-order chi connectivity index (χ1) is 11.0. The molecule has 0 N–H and O–H groups in total. The van der Waals surface area contributed by atoms with Gasteiger partial charge in [0, 0.05) is 11.1 Å². The van der Waals surface area contributed by atoms with E-state index in [1.54, 1.807) is 0 Å². The van der Waals surface area contributed by atoms with Gasteiger partial charge in [0.2, 0.25) is 0 Å². The average molecular weight is 343 g/mol. The van der Waals surface area contributed by atoms with Crippen LogP contribution in [0.25, 0.3) is 0 Å². The molecule has 2 unspecified atom stereocenters. The van der Waals surface area contributed by atoms with Gasteiger partial charge in [-0.15, -0.1) is 0 Å². The van der Waals surface area contributed by atoms with E-state index in [1.807, 2.05) is 0 Å². The summed E-state index contributed by atoms with van der Waals surface area (Å²) in [5, 5.41) is 0.767. The predicted octanol–water partition coefficient (Wildman–Crippen LogP) is 7.37. The molecule has 2 atom stereocenters. The van der Waals surface area contributed by atoms with Crippen LogP contribution in [0.5, 0.6) is 0 Å². The lowest BCUT2D eigenvalue weighted by molar-refractivity contribution is 0.442. The zero-order valence-corrected chi connectivity index (χ0v) is 17.7. The molecule has 1 aliphatic carbocycles. The quantitative estimate of drug-likeness (QED) is 0.503. The van der Waals surface area contributed by atoms with Crippen LogP contribution in [0.1, 0.15) is 66.9 Å². The summed E-state index contributed by atoms with van der Waals surface area (Å²) in [6.45, 7) is 19.5. The number of hydrogen-bond acceptors (Lipinski definition) is 0. The Labute approximate surface area is 151 Å². The highest BCUT2D eigenvalue weighted by molar-refractivity contribution is 7.62. The van der Waals surface area contributed by atoms with Gasteiger partial charge < -0.3 is 0 Å². The van der Waals surface area contributed by atoms with Crippen LogP contribution < -0.4 is 0 Å². The van der Waals surface area contributed by atoms with E-state index in [-0.39, 0.29) is 13.1 Å². The molecule has 1 aliphatic rings. The summed E-state index contributed by atoms with van der Waals surface area (Å²) < 4.78 is 0. The zero-order chi connectivity index (χ0) is 18.2. The Balaban J connectivity index is 2.72. The summed E-state index contributed by atoms with van der Waals surface area (Å²) >= 11 is 0. The molecule has 0 spiro atoms. The van der Waals surface area contributed by atoms with Crippen molar-refractivity contribution >= 4 is 7.92 Å². The predicted molar refractivity (Wildman–Crippen MR) is 111 cm³/mol. The van der Waals surface area contributed by atoms with Gasteiger partial charge in [-0.1, -0.05) is 118 Å². The number of benzene rings is 1. The standard InChI is InChI=1S/C23H35P/c1-18(2)23(24(21(3,4)5)22(6,7)8)17-13-12-16-20(23)19-14-10-9-11-15-19/h9-18,20H,1-8H3. The van der Waals surface area contributed by atoms with Crippen molar-refractivity contribution in [1.29, 1.82) is 0 Å². The molecule has 2 rings (SSSR count). The van der Waals surface area contributed by atoms with E-state index in [2.05, 4.69) is 110 Å².